The normalized spacial score (nSPS) is 13.3. The van der Waals surface area contributed by atoms with Crippen LogP contribution in [0.2, 0.25) is 5.02 Å². The summed E-state index contributed by atoms with van der Waals surface area (Å²) in [5.74, 6) is -0.484. The van der Waals surface area contributed by atoms with Gasteiger partial charge in [-0.1, -0.05) is 29.8 Å². The number of hydrogen-bond acceptors (Lipinski definition) is 4. The quantitative estimate of drug-likeness (QED) is 0.511. The molecule has 6 heteroatoms. The maximum Gasteiger partial charge on any atom is 0.267 e. The van der Waals surface area contributed by atoms with Gasteiger partial charge in [-0.05, 0) is 36.2 Å². The van der Waals surface area contributed by atoms with Gasteiger partial charge in [0.05, 0.1) is 10.7 Å². The van der Waals surface area contributed by atoms with Gasteiger partial charge in [0.1, 0.15) is 11.6 Å². The molecule has 0 aromatic heterocycles. The minimum atomic E-state index is -0.484. The number of halogens is 1. The van der Waals surface area contributed by atoms with E-state index in [0.717, 1.165) is 18.7 Å². The third kappa shape index (κ3) is 3.19. The van der Waals surface area contributed by atoms with Gasteiger partial charge in [0.25, 0.3) is 5.91 Å². The molecule has 1 heterocycles. The Balaban J connectivity index is 1.80. The standard InChI is InChI=1S/C18H15ClN4O/c19-15-9-14(5-6-16(15)21)22-18(24)13(10-20)11-23-8-7-12-3-1-2-4-17(12)23/h1-6,9,11H,7-8,21H2,(H,22,24)/b13-11-. The molecule has 0 spiro atoms. The maximum atomic E-state index is 12.3. The fourth-order valence-corrected chi connectivity index (χ4v) is 2.78. The molecule has 2 aromatic carbocycles. The Hall–Kier alpha value is -2.97. The van der Waals surface area contributed by atoms with Crippen molar-refractivity contribution in [1.29, 1.82) is 5.26 Å². The van der Waals surface area contributed by atoms with Crippen LogP contribution in [0.15, 0.2) is 54.2 Å². The van der Waals surface area contributed by atoms with Gasteiger partial charge in [0.2, 0.25) is 0 Å². The molecule has 3 N–H and O–H groups in total. The molecular formula is C18H15ClN4O. The van der Waals surface area contributed by atoms with Crippen molar-refractivity contribution in [2.24, 2.45) is 0 Å². The van der Waals surface area contributed by atoms with Crippen molar-refractivity contribution in [1.82, 2.24) is 0 Å². The van der Waals surface area contributed by atoms with Gasteiger partial charge >= 0.3 is 0 Å². The number of nitrogen functional groups attached to an aromatic ring is 1. The average Bonchev–Trinajstić information content (AvgIpc) is 2.99. The monoisotopic (exact) mass is 338 g/mol. The molecule has 1 amide bonds. The fraction of sp³-hybridized carbons (Fsp3) is 0.111. The number of amides is 1. The van der Waals surface area contributed by atoms with E-state index in [4.69, 9.17) is 17.3 Å². The van der Waals surface area contributed by atoms with E-state index in [1.54, 1.807) is 24.4 Å². The third-order valence-electron chi connectivity index (χ3n) is 3.83. The van der Waals surface area contributed by atoms with Gasteiger partial charge in [-0.15, -0.1) is 0 Å². The Bertz CT molecular complexity index is 870. The number of fused-ring (bicyclic) bond motifs is 1. The number of para-hydroxylation sites is 1. The summed E-state index contributed by atoms with van der Waals surface area (Å²) in [7, 11) is 0. The van der Waals surface area contributed by atoms with Crippen LogP contribution in [0.5, 0.6) is 0 Å². The summed E-state index contributed by atoms with van der Waals surface area (Å²) >= 11 is 5.94. The fourth-order valence-electron chi connectivity index (χ4n) is 2.60. The van der Waals surface area contributed by atoms with Crippen molar-refractivity contribution in [2.45, 2.75) is 6.42 Å². The van der Waals surface area contributed by atoms with Crippen LogP contribution in [-0.4, -0.2) is 12.5 Å². The molecule has 5 nitrogen and oxygen atoms in total. The summed E-state index contributed by atoms with van der Waals surface area (Å²) in [5, 5.41) is 12.3. The van der Waals surface area contributed by atoms with Crippen LogP contribution in [-0.2, 0) is 11.2 Å². The number of anilines is 3. The molecule has 0 bridgehead atoms. The van der Waals surface area contributed by atoms with E-state index < -0.39 is 5.91 Å². The van der Waals surface area contributed by atoms with Gasteiger partial charge < -0.3 is 16.0 Å². The van der Waals surface area contributed by atoms with Gasteiger partial charge in [0, 0.05) is 24.1 Å². The molecule has 1 aliphatic rings. The van der Waals surface area contributed by atoms with Crippen molar-refractivity contribution < 1.29 is 4.79 Å². The number of nitrogens with zero attached hydrogens (tertiary/aromatic N) is 2. The highest BCUT2D eigenvalue weighted by molar-refractivity contribution is 6.33. The second kappa shape index (κ2) is 6.65. The van der Waals surface area contributed by atoms with Crippen molar-refractivity contribution in [3.8, 4) is 6.07 Å². The highest BCUT2D eigenvalue weighted by atomic mass is 35.5. The summed E-state index contributed by atoms with van der Waals surface area (Å²) in [6, 6.07) is 14.7. The summed E-state index contributed by atoms with van der Waals surface area (Å²) in [6.45, 7) is 0.742. The highest BCUT2D eigenvalue weighted by Crippen LogP contribution is 2.28. The van der Waals surface area contributed by atoms with Crippen LogP contribution < -0.4 is 16.0 Å². The van der Waals surface area contributed by atoms with Gasteiger partial charge in [-0.2, -0.15) is 5.26 Å². The van der Waals surface area contributed by atoms with Crippen LogP contribution in [0.1, 0.15) is 5.56 Å². The number of carbonyl (C=O) groups excluding carboxylic acids is 1. The van der Waals surface area contributed by atoms with E-state index in [0.29, 0.717) is 16.4 Å². The van der Waals surface area contributed by atoms with Crippen LogP contribution >= 0.6 is 11.6 Å². The van der Waals surface area contributed by atoms with Gasteiger partial charge in [0.15, 0.2) is 0 Å². The van der Waals surface area contributed by atoms with Crippen molar-refractivity contribution >= 4 is 34.6 Å². The molecule has 0 unspecified atom stereocenters. The molecule has 0 saturated carbocycles. The third-order valence-corrected chi connectivity index (χ3v) is 4.16. The minimum absolute atomic E-state index is 0.0275. The Kier molecular flexibility index (Phi) is 4.41. The van der Waals surface area contributed by atoms with Gasteiger partial charge in [-0.3, -0.25) is 4.79 Å². The molecule has 0 atom stereocenters. The molecule has 0 fully saturated rings. The van der Waals surface area contributed by atoms with Crippen LogP contribution in [0.4, 0.5) is 17.1 Å². The zero-order chi connectivity index (χ0) is 17.1. The van der Waals surface area contributed by atoms with Crippen LogP contribution in [0.3, 0.4) is 0 Å². The summed E-state index contributed by atoms with van der Waals surface area (Å²) < 4.78 is 0. The summed E-state index contributed by atoms with van der Waals surface area (Å²) in [4.78, 5) is 14.3. The van der Waals surface area contributed by atoms with E-state index in [9.17, 15) is 10.1 Å². The Labute approximate surface area is 144 Å². The number of nitriles is 1. The lowest BCUT2D eigenvalue weighted by Gasteiger charge is -2.14. The second-order valence-corrected chi connectivity index (χ2v) is 5.82. The van der Waals surface area contributed by atoms with E-state index >= 15 is 0 Å². The predicted octanol–water partition coefficient (Wildman–Crippen LogP) is 3.33. The first kappa shape index (κ1) is 15.9. The zero-order valence-corrected chi connectivity index (χ0v) is 13.5. The van der Waals surface area contributed by atoms with E-state index in [1.165, 1.54) is 5.56 Å². The molecule has 3 rings (SSSR count). The number of hydrogen-bond donors (Lipinski definition) is 2. The summed E-state index contributed by atoms with van der Waals surface area (Å²) in [5.41, 5.74) is 8.82. The first-order valence-electron chi connectivity index (χ1n) is 7.41. The number of nitrogens with one attached hydrogen (secondary N) is 1. The van der Waals surface area contributed by atoms with Gasteiger partial charge in [-0.25, -0.2) is 0 Å². The number of nitrogens with two attached hydrogens (primary N) is 1. The first-order chi connectivity index (χ1) is 11.6. The topological polar surface area (TPSA) is 82.2 Å². The molecule has 2 aromatic rings. The highest BCUT2D eigenvalue weighted by Gasteiger charge is 2.19. The average molecular weight is 339 g/mol. The zero-order valence-electron chi connectivity index (χ0n) is 12.8. The number of rotatable bonds is 3. The number of carbonyl (C=O) groups is 1. The van der Waals surface area contributed by atoms with Crippen molar-refractivity contribution in [3.63, 3.8) is 0 Å². The maximum absolute atomic E-state index is 12.3. The van der Waals surface area contributed by atoms with Crippen LogP contribution in [0.25, 0.3) is 0 Å². The lowest BCUT2D eigenvalue weighted by molar-refractivity contribution is -0.112. The molecule has 0 saturated heterocycles. The molecule has 120 valence electrons. The molecule has 1 aliphatic heterocycles. The summed E-state index contributed by atoms with van der Waals surface area (Å²) in [6.07, 6.45) is 2.47. The molecule has 0 aliphatic carbocycles. The smallest absolute Gasteiger partial charge is 0.267 e. The van der Waals surface area contributed by atoms with Crippen LogP contribution in [0, 0.1) is 11.3 Å². The Morgan fingerprint density at radius 2 is 2.12 bits per heavy atom. The molecule has 24 heavy (non-hydrogen) atoms. The second-order valence-electron chi connectivity index (χ2n) is 5.42. The Morgan fingerprint density at radius 1 is 1.33 bits per heavy atom. The lowest BCUT2D eigenvalue weighted by Crippen LogP contribution is -2.19. The SMILES string of the molecule is N#C/C(=C/N1CCc2ccccc21)C(=O)Nc1ccc(N)c(Cl)c1. The van der Waals surface area contributed by atoms with Crippen molar-refractivity contribution in [3.05, 3.63) is 64.8 Å². The predicted molar refractivity (Wildman–Crippen MR) is 95.7 cm³/mol. The van der Waals surface area contributed by atoms with E-state index in [1.807, 2.05) is 35.2 Å². The molecular weight excluding hydrogens is 324 g/mol. The Morgan fingerprint density at radius 3 is 2.88 bits per heavy atom. The minimum Gasteiger partial charge on any atom is -0.398 e. The van der Waals surface area contributed by atoms with E-state index in [-0.39, 0.29) is 5.57 Å². The van der Waals surface area contributed by atoms with E-state index in [2.05, 4.69) is 5.32 Å². The number of benzene rings is 2. The lowest BCUT2D eigenvalue weighted by atomic mass is 10.2. The van der Waals surface area contributed by atoms with Crippen molar-refractivity contribution in [2.75, 3.05) is 22.5 Å². The largest absolute Gasteiger partial charge is 0.398 e. The molecule has 0 radical (unpaired) electrons. The first-order valence-corrected chi connectivity index (χ1v) is 7.79.